The summed E-state index contributed by atoms with van der Waals surface area (Å²) in [6.45, 7) is 4.25. The van der Waals surface area contributed by atoms with Crippen LogP contribution >= 0.6 is 0 Å². The summed E-state index contributed by atoms with van der Waals surface area (Å²) in [4.78, 5) is 12.5. The molecule has 0 radical (unpaired) electrons. The summed E-state index contributed by atoms with van der Waals surface area (Å²) in [6.07, 6.45) is 74.0. The second-order valence-electron chi connectivity index (χ2n) is 21.3. The summed E-state index contributed by atoms with van der Waals surface area (Å²) < 4.78 is 0. The first-order valence-corrected chi connectivity index (χ1v) is 30.6. The SMILES string of the molecule is CCCCCCCCCCCCCCC/C=C/C(O)C(CO)NC(=O)CC(O)CCCCCCCCCCCCCCCCC/C=C\CCCCCCCCCCCCCCCCCCCC. The number of allylic oxidation sites excluding steroid dienone is 3. The Hall–Kier alpha value is -1.17. The van der Waals surface area contributed by atoms with Gasteiger partial charge in [0.15, 0.2) is 0 Å². The van der Waals surface area contributed by atoms with Gasteiger partial charge in [-0.25, -0.2) is 0 Å². The Morgan fingerprint density at radius 1 is 0.373 bits per heavy atom. The van der Waals surface area contributed by atoms with Gasteiger partial charge in [0, 0.05) is 0 Å². The molecule has 0 aromatic rings. The molecule has 1 amide bonds. The zero-order valence-electron chi connectivity index (χ0n) is 45.6. The Bertz CT molecular complexity index is 998. The number of carbonyl (C=O) groups is 1. The number of rotatable bonds is 57. The van der Waals surface area contributed by atoms with Crippen molar-refractivity contribution in [3.63, 3.8) is 0 Å². The van der Waals surface area contributed by atoms with Gasteiger partial charge in [-0.15, -0.1) is 0 Å². The molecule has 3 atom stereocenters. The molecule has 0 aliphatic carbocycles. The van der Waals surface area contributed by atoms with Crippen LogP contribution in [-0.2, 0) is 4.79 Å². The number of unbranched alkanes of at least 4 members (excludes halogenated alkanes) is 46. The maximum Gasteiger partial charge on any atom is 0.222 e. The second kappa shape index (κ2) is 57.4. The zero-order chi connectivity index (χ0) is 48.6. The summed E-state index contributed by atoms with van der Waals surface area (Å²) in [5.74, 6) is -0.310. The summed E-state index contributed by atoms with van der Waals surface area (Å²) in [5.41, 5.74) is 0. The number of hydrogen-bond acceptors (Lipinski definition) is 4. The molecule has 5 heteroatoms. The van der Waals surface area contributed by atoms with Gasteiger partial charge in [0.1, 0.15) is 0 Å². The van der Waals surface area contributed by atoms with Crippen molar-refractivity contribution in [3.05, 3.63) is 24.3 Å². The lowest BCUT2D eigenvalue weighted by molar-refractivity contribution is -0.124. The van der Waals surface area contributed by atoms with E-state index in [9.17, 15) is 20.1 Å². The van der Waals surface area contributed by atoms with Crippen LogP contribution in [-0.4, -0.2) is 46.1 Å². The minimum Gasteiger partial charge on any atom is -0.394 e. The molecule has 0 heterocycles. The van der Waals surface area contributed by atoms with Crippen LogP contribution in [0.2, 0.25) is 0 Å². The molecule has 0 rings (SSSR count). The first kappa shape index (κ1) is 65.8. The summed E-state index contributed by atoms with van der Waals surface area (Å²) >= 11 is 0. The van der Waals surface area contributed by atoms with E-state index in [1.165, 1.54) is 289 Å². The van der Waals surface area contributed by atoms with Crippen molar-refractivity contribution in [2.45, 2.75) is 360 Å². The first-order valence-electron chi connectivity index (χ1n) is 30.6. The van der Waals surface area contributed by atoms with E-state index in [-0.39, 0.29) is 18.9 Å². The molecule has 3 unspecified atom stereocenters. The number of aliphatic hydroxyl groups is 3. The van der Waals surface area contributed by atoms with Crippen molar-refractivity contribution in [3.8, 4) is 0 Å². The van der Waals surface area contributed by atoms with Crippen LogP contribution < -0.4 is 5.32 Å². The number of amides is 1. The summed E-state index contributed by atoms with van der Waals surface area (Å²) in [6, 6.07) is -0.742. The quantitative estimate of drug-likeness (QED) is 0.0361. The smallest absolute Gasteiger partial charge is 0.222 e. The molecule has 0 fully saturated rings. The minimum atomic E-state index is -0.927. The van der Waals surface area contributed by atoms with E-state index in [0.29, 0.717) is 6.42 Å². The van der Waals surface area contributed by atoms with Crippen LogP contribution in [0.4, 0.5) is 0 Å². The Morgan fingerprint density at radius 2 is 0.627 bits per heavy atom. The highest BCUT2D eigenvalue weighted by atomic mass is 16.3. The molecule has 0 saturated heterocycles. The molecule has 0 aliphatic heterocycles. The van der Waals surface area contributed by atoms with Crippen molar-refractivity contribution in [1.29, 1.82) is 0 Å². The van der Waals surface area contributed by atoms with Crippen molar-refractivity contribution in [1.82, 2.24) is 5.32 Å². The van der Waals surface area contributed by atoms with Crippen LogP contribution in [0.3, 0.4) is 0 Å². The third-order valence-electron chi connectivity index (χ3n) is 14.5. The molecule has 0 saturated carbocycles. The molecule has 0 bridgehead atoms. The Kier molecular flexibility index (Phi) is 56.4. The molecule has 0 aromatic heterocycles. The van der Waals surface area contributed by atoms with E-state index in [4.69, 9.17) is 0 Å². The highest BCUT2D eigenvalue weighted by Crippen LogP contribution is 2.18. The maximum atomic E-state index is 12.5. The molecule has 67 heavy (non-hydrogen) atoms. The Labute approximate surface area is 420 Å². The summed E-state index contributed by atoms with van der Waals surface area (Å²) in [5, 5.41) is 33.4. The third-order valence-corrected chi connectivity index (χ3v) is 14.5. The number of carbonyl (C=O) groups excluding carboxylic acids is 1. The van der Waals surface area contributed by atoms with Crippen LogP contribution in [0.1, 0.15) is 341 Å². The Morgan fingerprint density at radius 3 is 0.910 bits per heavy atom. The van der Waals surface area contributed by atoms with E-state index < -0.39 is 18.2 Å². The van der Waals surface area contributed by atoms with E-state index >= 15 is 0 Å². The third kappa shape index (κ3) is 54.0. The topological polar surface area (TPSA) is 89.8 Å². The first-order chi connectivity index (χ1) is 33.0. The molecule has 398 valence electrons. The van der Waals surface area contributed by atoms with Gasteiger partial charge in [0.05, 0.1) is 31.3 Å². The van der Waals surface area contributed by atoms with Crippen molar-refractivity contribution < 1.29 is 20.1 Å². The van der Waals surface area contributed by atoms with Crippen molar-refractivity contribution >= 4 is 5.91 Å². The fraction of sp³-hybridized carbons (Fsp3) is 0.919. The highest BCUT2D eigenvalue weighted by molar-refractivity contribution is 5.76. The fourth-order valence-electron chi connectivity index (χ4n) is 9.81. The lowest BCUT2D eigenvalue weighted by Gasteiger charge is -2.21. The molecule has 0 spiro atoms. The van der Waals surface area contributed by atoms with Crippen LogP contribution in [0, 0.1) is 0 Å². The lowest BCUT2D eigenvalue weighted by atomic mass is 10.0. The van der Waals surface area contributed by atoms with Crippen LogP contribution in [0.25, 0.3) is 0 Å². The van der Waals surface area contributed by atoms with Gasteiger partial charge in [0.2, 0.25) is 5.91 Å². The zero-order valence-corrected chi connectivity index (χ0v) is 45.6. The normalized spacial score (nSPS) is 13.3. The minimum absolute atomic E-state index is 0.0171. The number of hydrogen-bond donors (Lipinski definition) is 4. The molecule has 4 N–H and O–H groups in total. The van der Waals surface area contributed by atoms with Crippen molar-refractivity contribution in [2.75, 3.05) is 6.61 Å². The predicted molar refractivity (Wildman–Crippen MR) is 296 cm³/mol. The number of aliphatic hydroxyl groups excluding tert-OH is 3. The standard InChI is InChI=1S/C62H121NO4/c1-3-5-7-9-11-13-15-17-19-20-21-22-23-24-25-26-27-28-29-30-31-32-33-34-35-36-37-38-39-40-42-43-45-47-49-51-53-55-59(65)57-62(67)63-60(58-64)61(66)56-54-52-50-48-46-44-41-18-16-14-12-10-8-6-4-2/h30-31,54,56,59-61,64-66H,3-29,32-53,55,57-58H2,1-2H3,(H,63,67)/b31-30-,56-54+. The van der Waals surface area contributed by atoms with Gasteiger partial charge in [-0.05, 0) is 44.9 Å². The van der Waals surface area contributed by atoms with Gasteiger partial charge in [-0.1, -0.05) is 314 Å². The predicted octanol–water partition coefficient (Wildman–Crippen LogP) is 19.2. The van der Waals surface area contributed by atoms with E-state index in [0.717, 1.165) is 25.7 Å². The van der Waals surface area contributed by atoms with E-state index in [2.05, 4.69) is 31.3 Å². The largest absolute Gasteiger partial charge is 0.394 e. The summed E-state index contributed by atoms with van der Waals surface area (Å²) in [7, 11) is 0. The van der Waals surface area contributed by atoms with Gasteiger partial charge >= 0.3 is 0 Å². The van der Waals surface area contributed by atoms with Crippen LogP contribution in [0.5, 0.6) is 0 Å². The van der Waals surface area contributed by atoms with Gasteiger partial charge in [-0.2, -0.15) is 0 Å². The highest BCUT2D eigenvalue weighted by Gasteiger charge is 2.20. The molecule has 0 aliphatic rings. The van der Waals surface area contributed by atoms with Crippen molar-refractivity contribution in [2.24, 2.45) is 0 Å². The molecular formula is C62H121NO4. The molecule has 0 aromatic carbocycles. The molecular weight excluding hydrogens is 823 g/mol. The second-order valence-corrected chi connectivity index (χ2v) is 21.3. The lowest BCUT2D eigenvalue weighted by Crippen LogP contribution is -2.45. The monoisotopic (exact) mass is 944 g/mol. The maximum absolute atomic E-state index is 12.5. The van der Waals surface area contributed by atoms with Gasteiger partial charge in [0.25, 0.3) is 0 Å². The van der Waals surface area contributed by atoms with E-state index in [1.807, 2.05) is 6.08 Å². The average Bonchev–Trinajstić information content (AvgIpc) is 3.32. The van der Waals surface area contributed by atoms with Crippen LogP contribution in [0.15, 0.2) is 24.3 Å². The molecule has 5 nitrogen and oxygen atoms in total. The van der Waals surface area contributed by atoms with E-state index in [1.54, 1.807) is 6.08 Å². The number of nitrogens with one attached hydrogen (secondary N) is 1. The Balaban J connectivity index is 3.45. The van der Waals surface area contributed by atoms with Gasteiger partial charge in [-0.3, -0.25) is 4.79 Å². The average molecular weight is 945 g/mol. The fourth-order valence-corrected chi connectivity index (χ4v) is 9.81. The van der Waals surface area contributed by atoms with Gasteiger partial charge < -0.3 is 20.6 Å².